The van der Waals surface area contributed by atoms with Gasteiger partial charge in [0.1, 0.15) is 0 Å². The van der Waals surface area contributed by atoms with Crippen LogP contribution in [0.15, 0.2) is 14.3 Å². The van der Waals surface area contributed by atoms with E-state index in [9.17, 15) is 4.79 Å². The van der Waals surface area contributed by atoms with Crippen LogP contribution in [0.4, 0.5) is 0 Å². The highest BCUT2D eigenvalue weighted by Crippen LogP contribution is 2.35. The molecule has 2 saturated heterocycles. The number of thiophene rings is 1. The molecule has 0 radical (unpaired) electrons. The fraction of sp³-hybridized carbons (Fsp3) is 0.583. The van der Waals surface area contributed by atoms with E-state index in [4.69, 9.17) is 9.47 Å². The van der Waals surface area contributed by atoms with Gasteiger partial charge in [-0.15, -0.1) is 11.3 Å². The molecule has 0 N–H and O–H groups in total. The van der Waals surface area contributed by atoms with Gasteiger partial charge in [0.2, 0.25) is 0 Å². The van der Waals surface area contributed by atoms with Crippen LogP contribution in [0.5, 0.6) is 0 Å². The SMILES string of the molecule is O=C(c1cc(Br)c(Br)s1)N1CCC2(CC1)OCCO2. The molecule has 1 aromatic heterocycles. The first-order valence-corrected chi connectivity index (χ1v) is 8.52. The maximum atomic E-state index is 12.4. The molecule has 2 aliphatic heterocycles. The van der Waals surface area contributed by atoms with Gasteiger partial charge in [-0.05, 0) is 37.9 Å². The summed E-state index contributed by atoms with van der Waals surface area (Å²) in [6.07, 6.45) is 1.51. The number of rotatable bonds is 1. The fourth-order valence-corrected chi connectivity index (χ4v) is 4.45. The lowest BCUT2D eigenvalue weighted by Gasteiger charge is -2.37. The van der Waals surface area contributed by atoms with Crippen molar-refractivity contribution < 1.29 is 14.3 Å². The Hall–Kier alpha value is 0.0500. The average Bonchev–Trinajstić information content (AvgIpc) is 2.98. The van der Waals surface area contributed by atoms with Gasteiger partial charge in [-0.25, -0.2) is 0 Å². The Morgan fingerprint density at radius 1 is 1.26 bits per heavy atom. The Bertz CT molecular complexity index is 470. The molecule has 0 aromatic carbocycles. The first kappa shape index (κ1) is 14.0. The normalized spacial score (nSPS) is 22.1. The summed E-state index contributed by atoms with van der Waals surface area (Å²) in [4.78, 5) is 15.0. The Labute approximate surface area is 132 Å². The van der Waals surface area contributed by atoms with Crippen LogP contribution in [0.3, 0.4) is 0 Å². The Kier molecular flexibility index (Phi) is 4.01. The van der Waals surface area contributed by atoms with Crippen molar-refractivity contribution in [2.24, 2.45) is 0 Å². The summed E-state index contributed by atoms with van der Waals surface area (Å²) in [5.41, 5.74) is 0. The molecule has 2 fully saturated rings. The van der Waals surface area contributed by atoms with Crippen molar-refractivity contribution in [3.8, 4) is 0 Å². The molecular weight excluding hydrogens is 398 g/mol. The quantitative estimate of drug-likeness (QED) is 0.713. The minimum atomic E-state index is -0.423. The lowest BCUT2D eigenvalue weighted by atomic mass is 10.0. The summed E-state index contributed by atoms with van der Waals surface area (Å²) in [7, 11) is 0. The van der Waals surface area contributed by atoms with Crippen molar-refractivity contribution in [2.75, 3.05) is 26.3 Å². The zero-order chi connectivity index (χ0) is 13.5. The Morgan fingerprint density at radius 2 is 1.89 bits per heavy atom. The molecule has 0 saturated carbocycles. The summed E-state index contributed by atoms with van der Waals surface area (Å²) in [5.74, 6) is -0.336. The minimum Gasteiger partial charge on any atom is -0.347 e. The molecule has 0 unspecified atom stereocenters. The van der Waals surface area contributed by atoms with Crippen molar-refractivity contribution in [3.63, 3.8) is 0 Å². The standard InChI is InChI=1S/C12H13Br2NO3S/c13-8-7-9(19-10(8)14)11(16)15-3-1-12(2-4-15)17-5-6-18-12/h7H,1-6H2. The minimum absolute atomic E-state index is 0.0873. The average molecular weight is 411 g/mol. The number of hydrogen-bond acceptors (Lipinski definition) is 4. The second kappa shape index (κ2) is 5.44. The van der Waals surface area contributed by atoms with Gasteiger partial charge in [0.25, 0.3) is 5.91 Å². The molecule has 0 bridgehead atoms. The summed E-state index contributed by atoms with van der Waals surface area (Å²) in [5, 5.41) is 0. The largest absolute Gasteiger partial charge is 0.347 e. The van der Waals surface area contributed by atoms with E-state index >= 15 is 0 Å². The molecule has 4 nitrogen and oxygen atoms in total. The third kappa shape index (κ3) is 2.76. The van der Waals surface area contributed by atoms with Crippen LogP contribution < -0.4 is 0 Å². The van der Waals surface area contributed by atoms with Gasteiger partial charge in [0.05, 0.1) is 21.9 Å². The molecule has 0 atom stereocenters. The maximum Gasteiger partial charge on any atom is 0.264 e. The van der Waals surface area contributed by atoms with Crippen molar-refractivity contribution in [3.05, 3.63) is 19.2 Å². The Balaban J connectivity index is 1.66. The smallest absolute Gasteiger partial charge is 0.264 e. The van der Waals surface area contributed by atoms with Crippen molar-refractivity contribution in [1.82, 2.24) is 4.90 Å². The monoisotopic (exact) mass is 409 g/mol. The molecule has 3 rings (SSSR count). The van der Waals surface area contributed by atoms with Gasteiger partial charge in [-0.2, -0.15) is 0 Å². The Morgan fingerprint density at radius 3 is 2.42 bits per heavy atom. The van der Waals surface area contributed by atoms with E-state index in [2.05, 4.69) is 31.9 Å². The fourth-order valence-electron chi connectivity index (χ4n) is 2.44. The van der Waals surface area contributed by atoms with E-state index in [0.29, 0.717) is 26.3 Å². The molecule has 2 aliphatic rings. The molecule has 7 heteroatoms. The van der Waals surface area contributed by atoms with E-state index in [0.717, 1.165) is 26.0 Å². The number of amides is 1. The van der Waals surface area contributed by atoms with E-state index in [1.165, 1.54) is 11.3 Å². The van der Waals surface area contributed by atoms with Crippen LogP contribution in [0, 0.1) is 0 Å². The zero-order valence-corrected chi connectivity index (χ0v) is 14.1. The highest BCUT2D eigenvalue weighted by molar-refractivity contribution is 9.13. The van der Waals surface area contributed by atoms with E-state index in [1.54, 1.807) is 0 Å². The second-order valence-electron chi connectivity index (χ2n) is 4.63. The molecule has 1 aromatic rings. The lowest BCUT2D eigenvalue weighted by molar-refractivity contribution is -0.181. The highest BCUT2D eigenvalue weighted by atomic mass is 79.9. The van der Waals surface area contributed by atoms with Crippen LogP contribution in [-0.2, 0) is 9.47 Å². The van der Waals surface area contributed by atoms with Crippen LogP contribution >= 0.6 is 43.2 Å². The topological polar surface area (TPSA) is 38.8 Å². The molecular formula is C12H13Br2NO3S. The number of piperidine rings is 1. The molecule has 1 amide bonds. The number of halogens is 2. The maximum absolute atomic E-state index is 12.4. The predicted octanol–water partition coefficient (Wildman–Crippen LogP) is 3.25. The van der Waals surface area contributed by atoms with Crippen molar-refractivity contribution in [2.45, 2.75) is 18.6 Å². The van der Waals surface area contributed by atoms with Gasteiger partial charge in [-0.3, -0.25) is 4.79 Å². The van der Waals surface area contributed by atoms with Gasteiger partial charge < -0.3 is 14.4 Å². The number of ether oxygens (including phenoxy) is 2. The molecule has 104 valence electrons. The van der Waals surface area contributed by atoms with E-state index in [1.807, 2.05) is 11.0 Å². The first-order chi connectivity index (χ1) is 9.10. The van der Waals surface area contributed by atoms with E-state index < -0.39 is 5.79 Å². The molecule has 0 aliphatic carbocycles. The van der Waals surface area contributed by atoms with E-state index in [-0.39, 0.29) is 5.91 Å². The van der Waals surface area contributed by atoms with Gasteiger partial charge >= 0.3 is 0 Å². The molecule has 1 spiro atoms. The first-order valence-electron chi connectivity index (χ1n) is 6.12. The molecule has 3 heterocycles. The summed E-state index contributed by atoms with van der Waals surface area (Å²) in [6.45, 7) is 2.70. The number of nitrogens with zero attached hydrogens (tertiary/aromatic N) is 1. The predicted molar refractivity (Wildman–Crippen MR) is 79.5 cm³/mol. The summed E-state index contributed by atoms with van der Waals surface area (Å²) < 4.78 is 13.2. The highest BCUT2D eigenvalue weighted by Gasteiger charge is 2.41. The number of carbonyl (C=O) groups excluding carboxylic acids is 1. The van der Waals surface area contributed by atoms with Crippen LogP contribution in [0.2, 0.25) is 0 Å². The number of carbonyl (C=O) groups is 1. The lowest BCUT2D eigenvalue weighted by Crippen LogP contribution is -2.47. The van der Waals surface area contributed by atoms with Gasteiger partial charge in [0, 0.05) is 30.4 Å². The van der Waals surface area contributed by atoms with Crippen molar-refractivity contribution >= 4 is 49.1 Å². The zero-order valence-electron chi connectivity index (χ0n) is 10.2. The molecule has 19 heavy (non-hydrogen) atoms. The van der Waals surface area contributed by atoms with Crippen LogP contribution in [0.25, 0.3) is 0 Å². The van der Waals surface area contributed by atoms with Gasteiger partial charge in [0.15, 0.2) is 5.79 Å². The summed E-state index contributed by atoms with van der Waals surface area (Å²) >= 11 is 8.28. The third-order valence-electron chi connectivity index (χ3n) is 3.48. The second-order valence-corrected chi connectivity index (χ2v) is 7.86. The van der Waals surface area contributed by atoms with Crippen molar-refractivity contribution in [1.29, 1.82) is 0 Å². The number of likely N-dealkylation sites (tertiary alicyclic amines) is 1. The third-order valence-corrected chi connectivity index (χ3v) is 6.73. The van der Waals surface area contributed by atoms with Crippen LogP contribution in [-0.4, -0.2) is 42.9 Å². The van der Waals surface area contributed by atoms with Gasteiger partial charge in [-0.1, -0.05) is 0 Å². The van der Waals surface area contributed by atoms with Crippen LogP contribution in [0.1, 0.15) is 22.5 Å². The summed E-state index contributed by atoms with van der Waals surface area (Å²) in [6, 6.07) is 1.87. The number of hydrogen-bond donors (Lipinski definition) is 0.